The Morgan fingerprint density at radius 2 is 1.94 bits per heavy atom. The van der Waals surface area contributed by atoms with Crippen molar-refractivity contribution in [1.29, 1.82) is 0 Å². The van der Waals surface area contributed by atoms with E-state index in [4.69, 9.17) is 23.2 Å². The highest BCUT2D eigenvalue weighted by Crippen LogP contribution is 2.40. The molecule has 7 heteroatoms. The number of ketones is 1. The van der Waals surface area contributed by atoms with Crippen LogP contribution in [0.5, 0.6) is 0 Å². The second-order valence-electron chi connectivity index (χ2n) is 2.84. The summed E-state index contributed by atoms with van der Waals surface area (Å²) in [6.07, 6.45) is -4.70. The second-order valence-corrected chi connectivity index (χ2v) is 4.34. The van der Waals surface area contributed by atoms with E-state index in [9.17, 15) is 18.0 Å². The Labute approximate surface area is 108 Å². The quantitative estimate of drug-likeness (QED) is 0.572. The summed E-state index contributed by atoms with van der Waals surface area (Å²) in [5, 5.41) is -0.538. The van der Waals surface area contributed by atoms with Crippen LogP contribution >= 0.6 is 39.1 Å². The van der Waals surface area contributed by atoms with Gasteiger partial charge in [-0.05, 0) is 28.1 Å². The minimum Gasteiger partial charge on any atom is -0.293 e. The van der Waals surface area contributed by atoms with Crippen molar-refractivity contribution in [2.24, 2.45) is 0 Å². The van der Waals surface area contributed by atoms with Crippen molar-refractivity contribution >= 4 is 44.9 Å². The number of hydrogen-bond acceptors (Lipinski definition) is 1. The zero-order valence-electron chi connectivity index (χ0n) is 7.54. The first-order valence-electron chi connectivity index (χ1n) is 3.93. The first-order chi connectivity index (χ1) is 7.29. The highest BCUT2D eigenvalue weighted by Gasteiger charge is 2.38. The predicted octanol–water partition coefficient (Wildman–Crippen LogP) is 4.54. The van der Waals surface area contributed by atoms with Crippen molar-refractivity contribution in [3.05, 3.63) is 32.8 Å². The average molecular weight is 336 g/mol. The third kappa shape index (κ3) is 2.70. The van der Waals surface area contributed by atoms with Crippen molar-refractivity contribution in [3.8, 4) is 0 Å². The smallest absolute Gasteiger partial charge is 0.293 e. The van der Waals surface area contributed by atoms with E-state index in [0.29, 0.717) is 0 Å². The fraction of sp³-hybridized carbons (Fsp3) is 0.222. The Bertz CT molecular complexity index is 431. The van der Waals surface area contributed by atoms with Gasteiger partial charge in [-0.1, -0.05) is 11.6 Å². The van der Waals surface area contributed by atoms with E-state index in [1.807, 2.05) is 0 Å². The molecule has 0 fully saturated rings. The van der Waals surface area contributed by atoms with E-state index in [-0.39, 0.29) is 4.47 Å². The van der Waals surface area contributed by atoms with Crippen LogP contribution in [0.15, 0.2) is 16.6 Å². The monoisotopic (exact) mass is 334 g/mol. The van der Waals surface area contributed by atoms with Crippen LogP contribution in [0.25, 0.3) is 0 Å². The van der Waals surface area contributed by atoms with Crippen molar-refractivity contribution in [3.63, 3.8) is 0 Å². The minimum atomic E-state index is -4.70. The molecule has 0 aliphatic heterocycles. The molecule has 1 rings (SSSR count). The number of hydrogen-bond donors (Lipinski definition) is 0. The molecule has 16 heavy (non-hydrogen) atoms. The number of benzene rings is 1. The summed E-state index contributed by atoms with van der Waals surface area (Å²) in [6, 6.07) is 2.32. The van der Waals surface area contributed by atoms with Crippen molar-refractivity contribution in [1.82, 2.24) is 0 Å². The van der Waals surface area contributed by atoms with Gasteiger partial charge in [-0.15, -0.1) is 11.6 Å². The van der Waals surface area contributed by atoms with E-state index in [1.54, 1.807) is 0 Å². The summed E-state index contributed by atoms with van der Waals surface area (Å²) in [6.45, 7) is 0. The molecule has 0 saturated heterocycles. The summed E-state index contributed by atoms with van der Waals surface area (Å²) >= 11 is 13.6. The standard InChI is InChI=1S/C9H4BrCl2F3O/c10-5-2-1-4(6(16)3-11)7(8(5)12)9(13,14)15/h1-2H,3H2. The molecule has 0 radical (unpaired) electrons. The number of rotatable bonds is 2. The highest BCUT2D eigenvalue weighted by molar-refractivity contribution is 9.10. The lowest BCUT2D eigenvalue weighted by Gasteiger charge is -2.14. The lowest BCUT2D eigenvalue weighted by Crippen LogP contribution is -2.15. The summed E-state index contributed by atoms with van der Waals surface area (Å²) in [5.41, 5.74) is -1.68. The molecule has 0 heterocycles. The van der Waals surface area contributed by atoms with Crippen molar-refractivity contribution in [2.75, 3.05) is 5.88 Å². The lowest BCUT2D eigenvalue weighted by atomic mass is 10.0. The van der Waals surface area contributed by atoms with E-state index in [1.165, 1.54) is 6.07 Å². The van der Waals surface area contributed by atoms with Gasteiger partial charge in [0.15, 0.2) is 5.78 Å². The van der Waals surface area contributed by atoms with Crippen molar-refractivity contribution < 1.29 is 18.0 Å². The molecule has 0 aliphatic rings. The summed E-state index contributed by atoms with van der Waals surface area (Å²) < 4.78 is 38.1. The molecule has 1 aromatic carbocycles. The first-order valence-corrected chi connectivity index (χ1v) is 5.64. The van der Waals surface area contributed by atoms with E-state index < -0.39 is 34.0 Å². The van der Waals surface area contributed by atoms with Crippen LogP contribution in [0.2, 0.25) is 5.02 Å². The molecule has 0 amide bonds. The molecule has 0 aliphatic carbocycles. The van der Waals surface area contributed by atoms with E-state index >= 15 is 0 Å². The van der Waals surface area contributed by atoms with Crippen LogP contribution in [0.3, 0.4) is 0 Å². The number of carbonyl (C=O) groups is 1. The van der Waals surface area contributed by atoms with Crippen LogP contribution in [0.4, 0.5) is 13.2 Å². The lowest BCUT2D eigenvalue weighted by molar-refractivity contribution is -0.137. The van der Waals surface area contributed by atoms with Gasteiger partial charge >= 0.3 is 6.18 Å². The molecule has 0 aromatic heterocycles. The van der Waals surface area contributed by atoms with Gasteiger partial charge in [0, 0.05) is 10.0 Å². The van der Waals surface area contributed by atoms with Gasteiger partial charge in [-0.25, -0.2) is 0 Å². The number of halogens is 6. The maximum Gasteiger partial charge on any atom is 0.418 e. The summed E-state index contributed by atoms with van der Waals surface area (Å²) in [5.74, 6) is -1.34. The second kappa shape index (κ2) is 4.94. The Balaban J connectivity index is 3.52. The Morgan fingerprint density at radius 3 is 2.38 bits per heavy atom. The SMILES string of the molecule is O=C(CCl)c1ccc(Br)c(Cl)c1C(F)(F)F. The van der Waals surface area contributed by atoms with Gasteiger partial charge in [0.2, 0.25) is 0 Å². The fourth-order valence-electron chi connectivity index (χ4n) is 1.13. The number of carbonyl (C=O) groups excluding carboxylic acids is 1. The van der Waals surface area contributed by atoms with Gasteiger partial charge in [-0.3, -0.25) is 4.79 Å². The first kappa shape index (κ1) is 13.8. The maximum atomic E-state index is 12.7. The Morgan fingerprint density at radius 1 is 1.38 bits per heavy atom. The van der Waals surface area contributed by atoms with Crippen LogP contribution in [0, 0.1) is 0 Å². The molecule has 88 valence electrons. The van der Waals surface area contributed by atoms with Gasteiger partial charge < -0.3 is 0 Å². The average Bonchev–Trinajstić information content (AvgIpc) is 2.18. The minimum absolute atomic E-state index is 0.0765. The molecule has 0 spiro atoms. The van der Waals surface area contributed by atoms with Crippen molar-refractivity contribution in [2.45, 2.75) is 6.18 Å². The highest BCUT2D eigenvalue weighted by atomic mass is 79.9. The normalized spacial score (nSPS) is 11.6. The molecule has 0 bridgehead atoms. The van der Waals surface area contributed by atoms with Gasteiger partial charge in [0.1, 0.15) is 0 Å². The Hall–Kier alpha value is -0.260. The topological polar surface area (TPSA) is 17.1 Å². The molecular formula is C9H4BrCl2F3O. The summed E-state index contributed by atoms with van der Waals surface area (Å²) in [4.78, 5) is 11.2. The van der Waals surface area contributed by atoms with E-state index in [2.05, 4.69) is 15.9 Å². The molecule has 0 saturated carbocycles. The molecule has 1 nitrogen and oxygen atoms in total. The molecular weight excluding hydrogens is 332 g/mol. The zero-order valence-corrected chi connectivity index (χ0v) is 10.6. The molecule has 0 atom stereocenters. The van der Waals surface area contributed by atoms with Crippen LogP contribution in [-0.4, -0.2) is 11.7 Å². The Kier molecular flexibility index (Phi) is 4.26. The largest absolute Gasteiger partial charge is 0.418 e. The molecule has 0 unspecified atom stereocenters. The molecule has 0 N–H and O–H groups in total. The van der Waals surface area contributed by atoms with Gasteiger partial charge in [0.05, 0.1) is 16.5 Å². The maximum absolute atomic E-state index is 12.7. The third-order valence-electron chi connectivity index (χ3n) is 1.80. The summed E-state index contributed by atoms with van der Waals surface area (Å²) in [7, 11) is 0. The number of Topliss-reactive ketones (excluding diaryl/α,β-unsaturated/α-hetero) is 1. The van der Waals surface area contributed by atoms with E-state index in [0.717, 1.165) is 6.07 Å². The fourth-order valence-corrected chi connectivity index (χ4v) is 1.88. The van der Waals surface area contributed by atoms with Crippen LogP contribution in [-0.2, 0) is 6.18 Å². The van der Waals surface area contributed by atoms with Crippen LogP contribution < -0.4 is 0 Å². The predicted molar refractivity (Wildman–Crippen MR) is 59.2 cm³/mol. The van der Waals surface area contributed by atoms with Crippen LogP contribution in [0.1, 0.15) is 15.9 Å². The zero-order chi connectivity index (χ0) is 12.5. The molecule has 1 aromatic rings. The van der Waals surface area contributed by atoms with Gasteiger partial charge in [-0.2, -0.15) is 13.2 Å². The number of alkyl halides is 4. The third-order valence-corrected chi connectivity index (χ3v) is 3.32. The van der Waals surface area contributed by atoms with Gasteiger partial charge in [0.25, 0.3) is 0 Å².